The van der Waals surface area contributed by atoms with Crippen molar-refractivity contribution in [1.29, 1.82) is 0 Å². The van der Waals surface area contributed by atoms with Crippen LogP contribution in [0.25, 0.3) is 0 Å². The Labute approximate surface area is 145 Å². The van der Waals surface area contributed by atoms with Crippen molar-refractivity contribution in [2.45, 2.75) is 26.3 Å². The van der Waals surface area contributed by atoms with E-state index in [1.54, 1.807) is 6.20 Å². The molecule has 1 fully saturated rings. The lowest BCUT2D eigenvalue weighted by molar-refractivity contribution is 0.191. The van der Waals surface area contributed by atoms with E-state index in [0.29, 0.717) is 13.1 Å². The SMILES string of the molecule is CCc1nsc(N2CCN(C(=O)NC(C)c3ccccn3)CC2)n1. The van der Waals surface area contributed by atoms with E-state index in [-0.39, 0.29) is 12.1 Å². The molecule has 24 heavy (non-hydrogen) atoms. The minimum absolute atomic E-state index is 0.0423. The number of urea groups is 1. The second-order valence-electron chi connectivity index (χ2n) is 5.75. The molecule has 2 aromatic rings. The summed E-state index contributed by atoms with van der Waals surface area (Å²) in [4.78, 5) is 25.3. The number of carbonyl (C=O) groups is 1. The molecule has 0 radical (unpaired) electrons. The molecule has 3 rings (SSSR count). The minimum Gasteiger partial charge on any atom is -0.343 e. The highest BCUT2D eigenvalue weighted by molar-refractivity contribution is 7.09. The maximum absolute atomic E-state index is 12.4. The van der Waals surface area contributed by atoms with E-state index in [9.17, 15) is 4.79 Å². The zero-order chi connectivity index (χ0) is 16.9. The van der Waals surface area contributed by atoms with Gasteiger partial charge >= 0.3 is 6.03 Å². The number of pyridine rings is 1. The standard InChI is InChI=1S/C16H22N6OS/c1-3-14-19-16(24-20-14)22-10-8-21(9-11-22)15(23)18-12(2)13-6-4-5-7-17-13/h4-7,12H,3,8-11H2,1-2H3,(H,18,23). The number of hydrogen-bond donors (Lipinski definition) is 1. The maximum atomic E-state index is 12.4. The van der Waals surface area contributed by atoms with Gasteiger partial charge in [-0.15, -0.1) is 0 Å². The van der Waals surface area contributed by atoms with E-state index in [1.807, 2.05) is 30.0 Å². The number of carbonyl (C=O) groups excluding carboxylic acids is 1. The number of aromatic nitrogens is 3. The number of nitrogens with zero attached hydrogens (tertiary/aromatic N) is 5. The fourth-order valence-electron chi connectivity index (χ4n) is 2.60. The molecule has 0 aliphatic carbocycles. The Morgan fingerprint density at radius 3 is 2.75 bits per heavy atom. The maximum Gasteiger partial charge on any atom is 0.318 e. The first-order valence-electron chi connectivity index (χ1n) is 8.21. The van der Waals surface area contributed by atoms with Gasteiger partial charge in [0.1, 0.15) is 5.82 Å². The third-order valence-electron chi connectivity index (χ3n) is 4.08. The van der Waals surface area contributed by atoms with Gasteiger partial charge in [-0.1, -0.05) is 13.0 Å². The van der Waals surface area contributed by atoms with Crippen LogP contribution in [0.15, 0.2) is 24.4 Å². The van der Waals surface area contributed by atoms with Gasteiger partial charge in [-0.2, -0.15) is 4.37 Å². The van der Waals surface area contributed by atoms with Crippen molar-refractivity contribution in [3.63, 3.8) is 0 Å². The van der Waals surface area contributed by atoms with E-state index in [4.69, 9.17) is 0 Å². The lowest BCUT2D eigenvalue weighted by Crippen LogP contribution is -2.52. The summed E-state index contributed by atoms with van der Waals surface area (Å²) in [5, 5.41) is 3.97. The van der Waals surface area contributed by atoms with E-state index in [2.05, 4.69) is 31.5 Å². The molecule has 3 heterocycles. The van der Waals surface area contributed by atoms with Crippen LogP contribution in [0.4, 0.5) is 9.93 Å². The summed E-state index contributed by atoms with van der Waals surface area (Å²) in [5.74, 6) is 0.888. The summed E-state index contributed by atoms with van der Waals surface area (Å²) in [6.07, 6.45) is 2.59. The van der Waals surface area contributed by atoms with Crippen LogP contribution in [0.2, 0.25) is 0 Å². The van der Waals surface area contributed by atoms with Crippen molar-refractivity contribution < 1.29 is 4.79 Å². The summed E-state index contributed by atoms with van der Waals surface area (Å²) in [5.41, 5.74) is 0.866. The molecule has 8 heteroatoms. The smallest absolute Gasteiger partial charge is 0.318 e. The van der Waals surface area contributed by atoms with Crippen LogP contribution in [0.3, 0.4) is 0 Å². The van der Waals surface area contributed by atoms with Crippen LogP contribution in [-0.2, 0) is 6.42 Å². The first-order chi connectivity index (χ1) is 11.7. The fraction of sp³-hybridized carbons (Fsp3) is 0.500. The van der Waals surface area contributed by atoms with Crippen LogP contribution in [-0.4, -0.2) is 51.5 Å². The summed E-state index contributed by atoms with van der Waals surface area (Å²) in [6.45, 7) is 6.93. The number of hydrogen-bond acceptors (Lipinski definition) is 6. The van der Waals surface area contributed by atoms with Crippen LogP contribution in [0, 0.1) is 0 Å². The van der Waals surface area contributed by atoms with Crippen molar-refractivity contribution in [2.75, 3.05) is 31.1 Å². The number of rotatable bonds is 4. The Hall–Kier alpha value is -2.22. The lowest BCUT2D eigenvalue weighted by Gasteiger charge is -2.34. The predicted molar refractivity (Wildman–Crippen MR) is 94.3 cm³/mol. The summed E-state index contributed by atoms with van der Waals surface area (Å²) < 4.78 is 4.33. The predicted octanol–water partition coefficient (Wildman–Crippen LogP) is 2.09. The average molecular weight is 346 g/mol. The molecular weight excluding hydrogens is 324 g/mol. The number of amides is 2. The largest absolute Gasteiger partial charge is 0.343 e. The van der Waals surface area contributed by atoms with Crippen LogP contribution in [0.1, 0.15) is 31.4 Å². The summed E-state index contributed by atoms with van der Waals surface area (Å²) in [7, 11) is 0. The Bertz CT molecular complexity index is 668. The third kappa shape index (κ3) is 3.81. The van der Waals surface area contributed by atoms with Crippen molar-refractivity contribution in [3.8, 4) is 0 Å². The molecule has 0 spiro atoms. The van der Waals surface area contributed by atoms with Crippen LogP contribution < -0.4 is 10.2 Å². The van der Waals surface area contributed by atoms with Gasteiger partial charge in [-0.05, 0) is 19.1 Å². The minimum atomic E-state index is -0.105. The van der Waals surface area contributed by atoms with E-state index in [0.717, 1.165) is 36.2 Å². The van der Waals surface area contributed by atoms with E-state index in [1.165, 1.54) is 11.5 Å². The Morgan fingerprint density at radius 2 is 2.12 bits per heavy atom. The van der Waals surface area contributed by atoms with Gasteiger partial charge in [0.2, 0.25) is 5.13 Å². The van der Waals surface area contributed by atoms with Gasteiger partial charge in [0.15, 0.2) is 0 Å². The zero-order valence-corrected chi connectivity index (χ0v) is 14.8. The summed E-state index contributed by atoms with van der Waals surface area (Å²) in [6, 6.07) is 5.57. The molecule has 1 aliphatic rings. The van der Waals surface area contributed by atoms with Crippen molar-refractivity contribution in [1.82, 2.24) is 24.6 Å². The lowest BCUT2D eigenvalue weighted by atomic mass is 10.2. The van der Waals surface area contributed by atoms with Crippen molar-refractivity contribution in [2.24, 2.45) is 0 Å². The quantitative estimate of drug-likeness (QED) is 0.917. The van der Waals surface area contributed by atoms with E-state index >= 15 is 0 Å². The van der Waals surface area contributed by atoms with Gasteiger partial charge in [0.25, 0.3) is 0 Å². The van der Waals surface area contributed by atoms with Crippen LogP contribution >= 0.6 is 11.5 Å². The first kappa shape index (κ1) is 16.6. The molecule has 2 aromatic heterocycles. The number of anilines is 1. The topological polar surface area (TPSA) is 74.2 Å². The second-order valence-corrected chi connectivity index (χ2v) is 6.48. The van der Waals surface area contributed by atoms with Gasteiger partial charge in [-0.3, -0.25) is 4.98 Å². The Kier molecular flexibility index (Phi) is 5.24. The molecule has 7 nitrogen and oxygen atoms in total. The second kappa shape index (κ2) is 7.57. The van der Waals surface area contributed by atoms with Crippen molar-refractivity contribution in [3.05, 3.63) is 35.9 Å². The molecule has 0 bridgehead atoms. The number of piperazine rings is 1. The van der Waals surface area contributed by atoms with Gasteiger partial charge in [0, 0.05) is 50.3 Å². The molecule has 1 unspecified atom stereocenters. The Balaban J connectivity index is 1.51. The third-order valence-corrected chi connectivity index (χ3v) is 4.90. The van der Waals surface area contributed by atoms with Crippen molar-refractivity contribution >= 4 is 22.7 Å². The molecule has 1 saturated heterocycles. The molecule has 1 aliphatic heterocycles. The van der Waals surface area contributed by atoms with Crippen LogP contribution in [0.5, 0.6) is 0 Å². The monoisotopic (exact) mass is 346 g/mol. The Morgan fingerprint density at radius 1 is 1.33 bits per heavy atom. The highest BCUT2D eigenvalue weighted by atomic mass is 32.1. The van der Waals surface area contributed by atoms with Gasteiger partial charge in [-0.25, -0.2) is 9.78 Å². The molecule has 2 amide bonds. The fourth-order valence-corrected chi connectivity index (χ4v) is 3.40. The zero-order valence-electron chi connectivity index (χ0n) is 14.0. The molecular formula is C16H22N6OS. The number of nitrogens with one attached hydrogen (secondary N) is 1. The molecule has 1 N–H and O–H groups in total. The summed E-state index contributed by atoms with van der Waals surface area (Å²) >= 11 is 1.44. The highest BCUT2D eigenvalue weighted by Gasteiger charge is 2.24. The average Bonchev–Trinajstić information content (AvgIpc) is 3.11. The first-order valence-corrected chi connectivity index (χ1v) is 8.98. The molecule has 1 atom stereocenters. The normalized spacial score (nSPS) is 16.1. The molecule has 0 aromatic carbocycles. The van der Waals surface area contributed by atoms with E-state index < -0.39 is 0 Å². The van der Waals surface area contributed by atoms with Gasteiger partial charge in [0.05, 0.1) is 11.7 Å². The molecule has 0 saturated carbocycles. The molecule has 128 valence electrons. The highest BCUT2D eigenvalue weighted by Crippen LogP contribution is 2.19. The number of aryl methyl sites for hydroxylation is 1. The van der Waals surface area contributed by atoms with Gasteiger partial charge < -0.3 is 15.1 Å².